The zero-order chi connectivity index (χ0) is 24.8. The Labute approximate surface area is 202 Å². The lowest BCUT2D eigenvalue weighted by Crippen LogP contribution is -2.50. The Morgan fingerprint density at radius 3 is 2.18 bits per heavy atom. The van der Waals surface area contributed by atoms with Crippen molar-refractivity contribution in [2.45, 2.75) is 19.5 Å². The van der Waals surface area contributed by atoms with Crippen LogP contribution in [0.15, 0.2) is 46.9 Å². The van der Waals surface area contributed by atoms with Crippen molar-refractivity contribution < 1.29 is 27.5 Å². The summed E-state index contributed by atoms with van der Waals surface area (Å²) in [5.74, 6) is -0.153. The summed E-state index contributed by atoms with van der Waals surface area (Å²) >= 11 is 3.37. The second kappa shape index (κ2) is 11.4. The van der Waals surface area contributed by atoms with E-state index in [9.17, 15) is 18.0 Å². The van der Waals surface area contributed by atoms with Crippen LogP contribution >= 0.6 is 15.9 Å². The number of sulfonamides is 1. The summed E-state index contributed by atoms with van der Waals surface area (Å²) in [5, 5.41) is 2.54. The molecule has 1 N–H and O–H groups in total. The minimum atomic E-state index is -3.84. The largest absolute Gasteiger partial charge is 0.493 e. The van der Waals surface area contributed by atoms with Crippen molar-refractivity contribution in [3.63, 3.8) is 0 Å². The van der Waals surface area contributed by atoms with E-state index >= 15 is 0 Å². The van der Waals surface area contributed by atoms with Crippen molar-refractivity contribution in [3.8, 4) is 11.5 Å². The smallest absolute Gasteiger partial charge is 0.244 e. The van der Waals surface area contributed by atoms with E-state index < -0.39 is 28.5 Å². The molecule has 0 aliphatic carbocycles. The van der Waals surface area contributed by atoms with E-state index in [2.05, 4.69) is 21.2 Å². The van der Waals surface area contributed by atoms with Crippen LogP contribution < -0.4 is 19.1 Å². The molecule has 0 saturated carbocycles. The Kier molecular flexibility index (Phi) is 9.12. The summed E-state index contributed by atoms with van der Waals surface area (Å²) in [7, 11) is 0.542. The Morgan fingerprint density at radius 1 is 1.06 bits per heavy atom. The lowest BCUT2D eigenvalue weighted by atomic mass is 10.1. The van der Waals surface area contributed by atoms with Gasteiger partial charge >= 0.3 is 0 Å². The Hall–Kier alpha value is -2.79. The number of carbonyl (C=O) groups excluding carboxylic acids is 2. The zero-order valence-electron chi connectivity index (χ0n) is 19.2. The molecular formula is C22H28BrN3O6S. The van der Waals surface area contributed by atoms with Crippen LogP contribution in [0, 0.1) is 0 Å². The Morgan fingerprint density at radius 2 is 1.67 bits per heavy atom. The number of nitrogens with zero attached hydrogens (tertiary/aromatic N) is 2. The topological polar surface area (TPSA) is 105 Å². The molecule has 1 atom stereocenters. The van der Waals surface area contributed by atoms with Gasteiger partial charge in [-0.25, -0.2) is 8.42 Å². The number of methoxy groups -OCH3 is 2. The maximum atomic E-state index is 13.4. The van der Waals surface area contributed by atoms with Crippen LogP contribution in [0.2, 0.25) is 0 Å². The van der Waals surface area contributed by atoms with Crippen LogP contribution in [-0.4, -0.2) is 65.2 Å². The van der Waals surface area contributed by atoms with Gasteiger partial charge in [-0.05, 0) is 36.8 Å². The molecule has 11 heteroatoms. The van der Waals surface area contributed by atoms with E-state index in [0.29, 0.717) is 11.5 Å². The van der Waals surface area contributed by atoms with Gasteiger partial charge < -0.3 is 19.7 Å². The van der Waals surface area contributed by atoms with Gasteiger partial charge in [0.25, 0.3) is 0 Å². The summed E-state index contributed by atoms with van der Waals surface area (Å²) in [4.78, 5) is 27.0. The first-order chi connectivity index (χ1) is 15.5. The molecule has 0 aliphatic rings. The van der Waals surface area contributed by atoms with Crippen LogP contribution in [0.25, 0.3) is 0 Å². The number of halogens is 1. The highest BCUT2D eigenvalue weighted by Crippen LogP contribution is 2.32. The fourth-order valence-electron chi connectivity index (χ4n) is 3.17. The number of benzene rings is 2. The molecule has 180 valence electrons. The van der Waals surface area contributed by atoms with Gasteiger partial charge in [-0.2, -0.15) is 0 Å². The van der Waals surface area contributed by atoms with Gasteiger partial charge in [-0.3, -0.25) is 13.9 Å². The van der Waals surface area contributed by atoms with Crippen LogP contribution in [0.1, 0.15) is 12.5 Å². The average molecular weight is 542 g/mol. The first-order valence-corrected chi connectivity index (χ1v) is 12.6. The summed E-state index contributed by atoms with van der Waals surface area (Å²) in [5.41, 5.74) is 1.03. The number of anilines is 1. The molecule has 0 unspecified atom stereocenters. The molecule has 2 aromatic carbocycles. The van der Waals surface area contributed by atoms with Gasteiger partial charge in [0, 0.05) is 24.1 Å². The summed E-state index contributed by atoms with van der Waals surface area (Å²) in [6, 6.07) is 11.0. The molecule has 9 nitrogen and oxygen atoms in total. The van der Waals surface area contributed by atoms with Gasteiger partial charge in [0.2, 0.25) is 21.8 Å². The van der Waals surface area contributed by atoms with E-state index in [1.54, 1.807) is 13.0 Å². The fourth-order valence-corrected chi connectivity index (χ4v) is 4.28. The number of ether oxygens (including phenoxy) is 2. The zero-order valence-corrected chi connectivity index (χ0v) is 21.6. The van der Waals surface area contributed by atoms with E-state index in [1.165, 1.54) is 38.3 Å². The summed E-state index contributed by atoms with van der Waals surface area (Å²) in [6.45, 7) is 1.23. The number of nitrogens with one attached hydrogen (secondary N) is 1. The number of rotatable bonds is 10. The van der Waals surface area contributed by atoms with Crippen molar-refractivity contribution in [2.24, 2.45) is 0 Å². The number of hydrogen-bond donors (Lipinski definition) is 1. The van der Waals surface area contributed by atoms with Crippen LogP contribution in [-0.2, 0) is 26.2 Å². The van der Waals surface area contributed by atoms with Gasteiger partial charge in [-0.15, -0.1) is 0 Å². The SMILES string of the molecule is CNC(=O)[C@H](C)N(Cc1ccc(Br)cc1)C(=O)CN(c1ccc(OC)c(OC)c1)S(C)(=O)=O. The molecule has 0 spiro atoms. The molecule has 0 radical (unpaired) electrons. The van der Waals surface area contributed by atoms with Crippen LogP contribution in [0.5, 0.6) is 11.5 Å². The molecule has 2 amide bonds. The van der Waals surface area contributed by atoms with Crippen LogP contribution in [0.4, 0.5) is 5.69 Å². The van der Waals surface area contributed by atoms with Gasteiger partial charge in [0.1, 0.15) is 12.6 Å². The van der Waals surface area contributed by atoms with E-state index in [0.717, 1.165) is 20.6 Å². The lowest BCUT2D eigenvalue weighted by molar-refractivity contribution is -0.139. The molecule has 0 fully saturated rings. The summed E-state index contributed by atoms with van der Waals surface area (Å²) in [6.07, 6.45) is 1.01. The second-order valence-electron chi connectivity index (χ2n) is 7.25. The van der Waals surface area contributed by atoms with Crippen molar-refractivity contribution >= 4 is 43.5 Å². The van der Waals surface area contributed by atoms with E-state index in [4.69, 9.17) is 9.47 Å². The molecule has 0 bridgehead atoms. The Balaban J connectivity index is 2.42. The standard InChI is InChI=1S/C22H28BrN3O6S/c1-15(22(28)24-2)25(13-16-6-8-17(23)9-7-16)21(27)14-26(33(5,29)30)18-10-11-19(31-3)20(12-18)32-4/h6-12,15H,13-14H2,1-5H3,(H,24,28)/t15-/m0/s1. The fraction of sp³-hybridized carbons (Fsp3) is 0.364. The minimum absolute atomic E-state index is 0.129. The molecule has 33 heavy (non-hydrogen) atoms. The quantitative estimate of drug-likeness (QED) is 0.495. The molecule has 0 saturated heterocycles. The number of amides is 2. The normalized spacial score (nSPS) is 11.9. The molecule has 2 aromatic rings. The van der Waals surface area contributed by atoms with Crippen molar-refractivity contribution in [3.05, 3.63) is 52.5 Å². The van der Waals surface area contributed by atoms with Gasteiger partial charge in [0.15, 0.2) is 11.5 Å². The predicted octanol–water partition coefficient (Wildman–Crippen LogP) is 2.40. The first-order valence-electron chi connectivity index (χ1n) is 9.97. The van der Waals surface area contributed by atoms with Crippen molar-refractivity contribution in [1.82, 2.24) is 10.2 Å². The first kappa shape index (κ1) is 26.5. The second-order valence-corrected chi connectivity index (χ2v) is 10.1. The third-order valence-corrected chi connectivity index (χ3v) is 6.68. The lowest BCUT2D eigenvalue weighted by Gasteiger charge is -2.31. The highest BCUT2D eigenvalue weighted by Gasteiger charge is 2.30. The van der Waals surface area contributed by atoms with Gasteiger partial charge in [0.05, 0.1) is 26.2 Å². The third kappa shape index (κ3) is 6.84. The minimum Gasteiger partial charge on any atom is -0.493 e. The maximum Gasteiger partial charge on any atom is 0.244 e. The molecular weight excluding hydrogens is 514 g/mol. The van der Waals surface area contributed by atoms with Crippen molar-refractivity contribution in [2.75, 3.05) is 38.4 Å². The predicted molar refractivity (Wildman–Crippen MR) is 130 cm³/mol. The highest BCUT2D eigenvalue weighted by atomic mass is 79.9. The van der Waals surface area contributed by atoms with Gasteiger partial charge in [-0.1, -0.05) is 28.1 Å². The molecule has 0 aliphatic heterocycles. The average Bonchev–Trinajstić information content (AvgIpc) is 2.79. The molecule has 0 aromatic heterocycles. The molecule has 2 rings (SSSR count). The number of carbonyl (C=O) groups is 2. The summed E-state index contributed by atoms with van der Waals surface area (Å²) < 4.78 is 37.5. The monoisotopic (exact) mass is 541 g/mol. The Bertz CT molecular complexity index is 1090. The maximum absolute atomic E-state index is 13.4. The van der Waals surface area contributed by atoms with E-state index in [1.807, 2.05) is 24.3 Å². The third-order valence-electron chi connectivity index (χ3n) is 5.01. The highest BCUT2D eigenvalue weighted by molar-refractivity contribution is 9.10. The van der Waals surface area contributed by atoms with E-state index in [-0.39, 0.29) is 18.1 Å². The van der Waals surface area contributed by atoms with Crippen molar-refractivity contribution in [1.29, 1.82) is 0 Å². The number of hydrogen-bond acceptors (Lipinski definition) is 6. The van der Waals surface area contributed by atoms with Crippen LogP contribution in [0.3, 0.4) is 0 Å². The molecule has 0 heterocycles. The number of likely N-dealkylation sites (N-methyl/N-ethyl adjacent to an activating group) is 1.